The van der Waals surface area contributed by atoms with Gasteiger partial charge in [0.2, 0.25) is 0 Å². The van der Waals surface area contributed by atoms with Crippen LogP contribution in [0.25, 0.3) is 10.2 Å². The van der Waals surface area contributed by atoms with E-state index in [9.17, 15) is 0 Å². The Labute approximate surface area is 57.0 Å². The third-order valence-electron chi connectivity index (χ3n) is 1.16. The summed E-state index contributed by atoms with van der Waals surface area (Å²) in [6.45, 7) is 0. The molecule has 0 N–H and O–H groups in total. The number of fused-ring (bicyclic) bond motifs is 1. The summed E-state index contributed by atoms with van der Waals surface area (Å²) < 4.78 is 1.21. The van der Waals surface area contributed by atoms with Crippen LogP contribution in [-0.2, 0) is 0 Å². The predicted octanol–water partition coefficient (Wildman–Crippen LogP) is 2.10. The van der Waals surface area contributed by atoms with Crippen molar-refractivity contribution in [3.05, 3.63) is 29.8 Å². The third kappa shape index (κ3) is 0.715. The molecule has 0 aliphatic heterocycles. The van der Waals surface area contributed by atoms with Crippen LogP contribution in [0.15, 0.2) is 24.4 Å². The van der Waals surface area contributed by atoms with E-state index >= 15 is 0 Å². The summed E-state index contributed by atoms with van der Waals surface area (Å²) in [6.07, 6.45) is 1.79. The quantitative estimate of drug-likeness (QED) is 0.537. The maximum absolute atomic E-state index is 4.12. The normalized spacial score (nSPS) is 10.2. The van der Waals surface area contributed by atoms with Crippen LogP contribution in [0.3, 0.4) is 0 Å². The molecule has 2 aromatic heterocycles. The van der Waals surface area contributed by atoms with E-state index in [0.717, 1.165) is 5.52 Å². The van der Waals surface area contributed by atoms with Gasteiger partial charge >= 0.3 is 0 Å². The zero-order valence-electron chi connectivity index (χ0n) is 4.66. The number of hydrogen-bond donors (Lipinski definition) is 0. The number of rotatable bonds is 0. The maximum Gasteiger partial charge on any atom is 0.0816 e. The minimum absolute atomic E-state index is 1.04. The lowest BCUT2D eigenvalue weighted by Crippen LogP contribution is -1.65. The molecule has 0 aliphatic carbocycles. The fraction of sp³-hybridized carbons (Fsp3) is 0. The number of pyridine rings is 1. The topological polar surface area (TPSA) is 12.9 Å². The van der Waals surface area contributed by atoms with Gasteiger partial charge in [-0.25, -0.2) is 0 Å². The van der Waals surface area contributed by atoms with E-state index < -0.39 is 0 Å². The van der Waals surface area contributed by atoms with Crippen LogP contribution < -0.4 is 0 Å². The molecule has 0 aromatic carbocycles. The fourth-order valence-corrected chi connectivity index (χ4v) is 1.41. The van der Waals surface area contributed by atoms with E-state index in [1.165, 1.54) is 4.70 Å². The Kier molecular flexibility index (Phi) is 0.993. The van der Waals surface area contributed by atoms with Gasteiger partial charge in [-0.3, -0.25) is 4.98 Å². The standard InChI is InChI=1S/C7H4NS/c1-2-7-6(8-4-1)3-5-9-7/h1-4H. The first-order valence-corrected chi connectivity index (χ1v) is 3.49. The molecule has 0 amide bonds. The Balaban J connectivity index is 2.95. The lowest BCUT2D eigenvalue weighted by molar-refractivity contribution is 1.43. The molecule has 43 valence electrons. The van der Waals surface area contributed by atoms with Gasteiger partial charge in [0.25, 0.3) is 0 Å². The van der Waals surface area contributed by atoms with E-state index in [1.807, 2.05) is 18.2 Å². The highest BCUT2D eigenvalue weighted by molar-refractivity contribution is 7.16. The first kappa shape index (κ1) is 4.94. The SMILES string of the molecule is [c]1cc2ncccc2s1. The predicted molar refractivity (Wildman–Crippen MR) is 38.5 cm³/mol. The highest BCUT2D eigenvalue weighted by Crippen LogP contribution is 2.15. The van der Waals surface area contributed by atoms with Crippen molar-refractivity contribution in [1.29, 1.82) is 0 Å². The zero-order valence-corrected chi connectivity index (χ0v) is 5.48. The van der Waals surface area contributed by atoms with Gasteiger partial charge < -0.3 is 0 Å². The summed E-state index contributed by atoms with van der Waals surface area (Å²) in [7, 11) is 0. The van der Waals surface area contributed by atoms with Crippen LogP contribution in [0.2, 0.25) is 0 Å². The second kappa shape index (κ2) is 1.81. The lowest BCUT2D eigenvalue weighted by atomic mass is 10.4. The van der Waals surface area contributed by atoms with Gasteiger partial charge in [0, 0.05) is 11.6 Å². The van der Waals surface area contributed by atoms with E-state index in [4.69, 9.17) is 0 Å². The zero-order chi connectivity index (χ0) is 6.10. The monoisotopic (exact) mass is 134 g/mol. The molecule has 0 fully saturated rings. The minimum atomic E-state index is 1.04. The minimum Gasteiger partial charge on any atom is -0.255 e. The summed E-state index contributed by atoms with van der Waals surface area (Å²) in [5, 5.41) is 3.02. The Hall–Kier alpha value is -0.890. The van der Waals surface area contributed by atoms with E-state index in [1.54, 1.807) is 17.5 Å². The van der Waals surface area contributed by atoms with Gasteiger partial charge in [-0.1, -0.05) is 0 Å². The molecule has 2 heterocycles. The molecule has 0 unspecified atom stereocenters. The molecular formula is C7H4NS. The second-order valence-electron chi connectivity index (χ2n) is 1.75. The molecule has 0 saturated heterocycles. The summed E-state index contributed by atoms with van der Waals surface area (Å²) in [5.74, 6) is 0. The van der Waals surface area contributed by atoms with Crippen molar-refractivity contribution < 1.29 is 0 Å². The Morgan fingerprint density at radius 1 is 1.56 bits per heavy atom. The summed E-state index contributed by atoms with van der Waals surface area (Å²) in [5.41, 5.74) is 1.04. The Bertz CT molecular complexity index is 283. The van der Waals surface area contributed by atoms with Crippen molar-refractivity contribution in [1.82, 2.24) is 4.98 Å². The summed E-state index contributed by atoms with van der Waals surface area (Å²) in [4.78, 5) is 4.12. The number of thiophene rings is 1. The van der Waals surface area contributed by atoms with Crippen molar-refractivity contribution >= 4 is 21.6 Å². The van der Waals surface area contributed by atoms with E-state index in [0.29, 0.717) is 0 Å². The van der Waals surface area contributed by atoms with Gasteiger partial charge in [0.15, 0.2) is 0 Å². The number of aromatic nitrogens is 1. The Morgan fingerprint density at radius 3 is 3.44 bits per heavy atom. The van der Waals surface area contributed by atoms with Crippen LogP contribution in [0.1, 0.15) is 0 Å². The van der Waals surface area contributed by atoms with Gasteiger partial charge in [-0.05, 0) is 18.2 Å². The molecule has 1 radical (unpaired) electrons. The van der Waals surface area contributed by atoms with E-state index in [2.05, 4.69) is 10.4 Å². The van der Waals surface area contributed by atoms with E-state index in [-0.39, 0.29) is 0 Å². The molecule has 1 nitrogen and oxygen atoms in total. The third-order valence-corrected chi connectivity index (χ3v) is 1.97. The van der Waals surface area contributed by atoms with Gasteiger partial charge in [0.05, 0.1) is 10.2 Å². The summed E-state index contributed by atoms with van der Waals surface area (Å²) >= 11 is 1.60. The first-order chi connectivity index (χ1) is 4.47. The average Bonchev–Trinajstić information content (AvgIpc) is 2.33. The molecule has 0 spiro atoms. The number of hydrogen-bond acceptors (Lipinski definition) is 2. The smallest absolute Gasteiger partial charge is 0.0816 e. The average molecular weight is 134 g/mol. The molecule has 9 heavy (non-hydrogen) atoms. The van der Waals surface area contributed by atoms with Crippen molar-refractivity contribution in [3.63, 3.8) is 0 Å². The van der Waals surface area contributed by atoms with Crippen LogP contribution in [0.4, 0.5) is 0 Å². The fourth-order valence-electron chi connectivity index (χ4n) is 0.746. The molecular weight excluding hydrogens is 130 g/mol. The first-order valence-electron chi connectivity index (χ1n) is 2.67. The van der Waals surface area contributed by atoms with Gasteiger partial charge in [-0.15, -0.1) is 11.3 Å². The molecule has 2 heteroatoms. The lowest BCUT2D eigenvalue weighted by Gasteiger charge is -1.81. The molecule has 2 rings (SSSR count). The largest absolute Gasteiger partial charge is 0.255 e. The van der Waals surface area contributed by atoms with Crippen LogP contribution in [-0.4, -0.2) is 4.98 Å². The van der Waals surface area contributed by atoms with Gasteiger partial charge in [0.1, 0.15) is 0 Å². The second-order valence-corrected chi connectivity index (χ2v) is 2.63. The molecule has 2 aromatic rings. The molecule has 0 bridgehead atoms. The number of nitrogens with zero attached hydrogens (tertiary/aromatic N) is 1. The summed E-state index contributed by atoms with van der Waals surface area (Å²) in [6, 6.07) is 5.89. The highest BCUT2D eigenvalue weighted by Gasteiger charge is 1.90. The van der Waals surface area contributed by atoms with Crippen molar-refractivity contribution in [3.8, 4) is 0 Å². The molecule has 0 aliphatic rings. The van der Waals surface area contributed by atoms with Gasteiger partial charge in [-0.2, -0.15) is 0 Å². The van der Waals surface area contributed by atoms with Crippen LogP contribution in [0, 0.1) is 5.38 Å². The van der Waals surface area contributed by atoms with Crippen molar-refractivity contribution in [2.75, 3.05) is 0 Å². The molecule has 0 saturated carbocycles. The molecule has 0 atom stereocenters. The van der Waals surface area contributed by atoms with Crippen LogP contribution in [0.5, 0.6) is 0 Å². The highest BCUT2D eigenvalue weighted by atomic mass is 32.1. The maximum atomic E-state index is 4.12. The Morgan fingerprint density at radius 2 is 2.56 bits per heavy atom. The van der Waals surface area contributed by atoms with Crippen molar-refractivity contribution in [2.24, 2.45) is 0 Å². The van der Waals surface area contributed by atoms with Crippen LogP contribution >= 0.6 is 11.3 Å². The van der Waals surface area contributed by atoms with Crippen molar-refractivity contribution in [2.45, 2.75) is 0 Å².